The highest BCUT2D eigenvalue weighted by molar-refractivity contribution is 4.96. The minimum atomic E-state index is 0.494. The first kappa shape index (κ1) is 7.77. The summed E-state index contributed by atoms with van der Waals surface area (Å²) in [5.74, 6) is 1.63. The van der Waals surface area contributed by atoms with E-state index >= 15 is 0 Å². The molecule has 1 fully saturated rings. The molecule has 1 heterocycles. The smallest absolute Gasteiger partial charge is 0.135 e. The molecule has 1 aliphatic carbocycles. The van der Waals surface area contributed by atoms with Crippen LogP contribution >= 0.6 is 0 Å². The molecule has 0 aromatic carbocycles. The molecule has 66 valence electrons. The van der Waals surface area contributed by atoms with Gasteiger partial charge in [0.2, 0.25) is 0 Å². The van der Waals surface area contributed by atoms with Gasteiger partial charge in [-0.2, -0.15) is 0 Å². The summed E-state index contributed by atoms with van der Waals surface area (Å²) in [7, 11) is 0. The fraction of sp³-hybridized carbons (Fsp3) is 0.778. The van der Waals surface area contributed by atoms with E-state index in [1.807, 2.05) is 6.33 Å². The Bertz CT molecular complexity index is 260. The van der Waals surface area contributed by atoms with Crippen LogP contribution in [0.1, 0.15) is 50.9 Å². The average molecular weight is 165 g/mol. The summed E-state index contributed by atoms with van der Waals surface area (Å²) in [6, 6.07) is 0.692. The first-order chi connectivity index (χ1) is 5.79. The number of aromatic nitrogens is 3. The Morgan fingerprint density at radius 3 is 2.75 bits per heavy atom. The number of hydrogen-bond acceptors (Lipinski definition) is 2. The van der Waals surface area contributed by atoms with E-state index in [0.717, 1.165) is 5.82 Å². The van der Waals surface area contributed by atoms with E-state index in [-0.39, 0.29) is 0 Å². The second kappa shape index (κ2) is 2.88. The molecular weight excluding hydrogens is 150 g/mol. The maximum absolute atomic E-state index is 4.13. The summed E-state index contributed by atoms with van der Waals surface area (Å²) in [5.41, 5.74) is 0. The molecule has 1 aliphatic rings. The first-order valence-electron chi connectivity index (χ1n) is 4.68. The summed E-state index contributed by atoms with van der Waals surface area (Å²) in [5, 5.41) is 8.09. The molecular formula is C9H15N3. The molecule has 12 heavy (non-hydrogen) atoms. The Morgan fingerprint density at radius 1 is 1.50 bits per heavy atom. The third-order valence-electron chi connectivity index (χ3n) is 2.59. The molecule has 0 unspecified atom stereocenters. The molecule has 0 aliphatic heterocycles. The highest BCUT2D eigenvalue weighted by Gasteiger charge is 2.22. The van der Waals surface area contributed by atoms with Gasteiger partial charge in [-0.25, -0.2) is 0 Å². The Balaban J connectivity index is 2.23. The van der Waals surface area contributed by atoms with Gasteiger partial charge >= 0.3 is 0 Å². The van der Waals surface area contributed by atoms with Crippen LogP contribution in [0.5, 0.6) is 0 Å². The van der Waals surface area contributed by atoms with Crippen LogP contribution in [-0.4, -0.2) is 14.8 Å². The molecule has 1 aromatic heterocycles. The molecule has 0 spiro atoms. The highest BCUT2D eigenvalue weighted by Crippen LogP contribution is 2.33. The van der Waals surface area contributed by atoms with E-state index in [4.69, 9.17) is 0 Å². The molecule has 0 radical (unpaired) electrons. The first-order valence-corrected chi connectivity index (χ1v) is 4.68. The molecule has 0 amide bonds. The van der Waals surface area contributed by atoms with Crippen LogP contribution in [0.25, 0.3) is 0 Å². The Morgan fingerprint density at radius 2 is 2.25 bits per heavy atom. The number of rotatable bonds is 2. The fourth-order valence-electron chi connectivity index (χ4n) is 1.61. The lowest BCUT2D eigenvalue weighted by Crippen LogP contribution is -2.19. The molecule has 2 rings (SSSR count). The Hall–Kier alpha value is -0.860. The lowest BCUT2D eigenvalue weighted by atomic mass is 9.92. The van der Waals surface area contributed by atoms with Crippen LogP contribution in [0, 0.1) is 0 Å². The molecule has 1 aromatic rings. The van der Waals surface area contributed by atoms with Gasteiger partial charge in [-0.15, -0.1) is 10.2 Å². The Kier molecular flexibility index (Phi) is 1.87. The summed E-state index contributed by atoms with van der Waals surface area (Å²) < 4.78 is 2.24. The second-order valence-corrected chi connectivity index (χ2v) is 3.84. The van der Waals surface area contributed by atoms with Gasteiger partial charge in [0.1, 0.15) is 12.2 Å². The van der Waals surface area contributed by atoms with Gasteiger partial charge in [0.05, 0.1) is 0 Å². The zero-order chi connectivity index (χ0) is 8.55. The minimum absolute atomic E-state index is 0.494. The van der Waals surface area contributed by atoms with Crippen molar-refractivity contribution in [2.45, 2.75) is 45.1 Å². The predicted octanol–water partition coefficient (Wildman–Crippen LogP) is 2.13. The molecule has 3 heteroatoms. The number of nitrogens with zero attached hydrogens (tertiary/aromatic N) is 3. The third kappa shape index (κ3) is 1.13. The molecule has 0 saturated heterocycles. The molecule has 1 saturated carbocycles. The normalized spacial score (nSPS) is 18.2. The van der Waals surface area contributed by atoms with Crippen molar-refractivity contribution in [2.24, 2.45) is 0 Å². The third-order valence-corrected chi connectivity index (χ3v) is 2.59. The van der Waals surface area contributed by atoms with Gasteiger partial charge in [0, 0.05) is 12.0 Å². The van der Waals surface area contributed by atoms with Gasteiger partial charge in [-0.3, -0.25) is 0 Å². The lowest BCUT2D eigenvalue weighted by molar-refractivity contribution is 0.303. The predicted molar refractivity (Wildman–Crippen MR) is 47.0 cm³/mol. The van der Waals surface area contributed by atoms with Gasteiger partial charge < -0.3 is 4.57 Å². The van der Waals surface area contributed by atoms with Crippen molar-refractivity contribution in [3.63, 3.8) is 0 Å². The maximum Gasteiger partial charge on any atom is 0.135 e. The van der Waals surface area contributed by atoms with Gasteiger partial charge in [0.15, 0.2) is 0 Å². The molecule has 3 nitrogen and oxygen atoms in total. The van der Waals surface area contributed by atoms with Crippen LogP contribution in [0.4, 0.5) is 0 Å². The fourth-order valence-corrected chi connectivity index (χ4v) is 1.61. The van der Waals surface area contributed by atoms with Crippen molar-refractivity contribution in [3.05, 3.63) is 12.2 Å². The van der Waals surface area contributed by atoms with Crippen LogP contribution in [-0.2, 0) is 0 Å². The quantitative estimate of drug-likeness (QED) is 0.672. The average Bonchev–Trinajstić information content (AvgIpc) is 2.31. The van der Waals surface area contributed by atoms with E-state index in [2.05, 4.69) is 28.6 Å². The molecule has 0 N–H and O–H groups in total. The van der Waals surface area contributed by atoms with Gasteiger partial charge in [0.25, 0.3) is 0 Å². The van der Waals surface area contributed by atoms with E-state index < -0.39 is 0 Å². The van der Waals surface area contributed by atoms with E-state index in [1.165, 1.54) is 19.3 Å². The van der Waals surface area contributed by atoms with Crippen LogP contribution in [0.2, 0.25) is 0 Å². The van der Waals surface area contributed by atoms with Crippen molar-refractivity contribution in [1.82, 2.24) is 14.8 Å². The highest BCUT2D eigenvalue weighted by atomic mass is 15.3. The summed E-state index contributed by atoms with van der Waals surface area (Å²) in [4.78, 5) is 0. The largest absolute Gasteiger partial charge is 0.314 e. The van der Waals surface area contributed by atoms with Gasteiger partial charge in [-0.1, -0.05) is 13.8 Å². The van der Waals surface area contributed by atoms with Crippen LogP contribution in [0.3, 0.4) is 0 Å². The summed E-state index contributed by atoms with van der Waals surface area (Å²) in [6.07, 6.45) is 5.84. The van der Waals surface area contributed by atoms with Crippen molar-refractivity contribution < 1.29 is 0 Å². The SMILES string of the molecule is CC(C)c1nncn1C1CCC1. The molecule has 0 bridgehead atoms. The second-order valence-electron chi connectivity index (χ2n) is 3.84. The standard InChI is InChI=1S/C9H15N3/c1-7(2)9-11-10-6-12(9)8-4-3-5-8/h6-8H,3-5H2,1-2H3. The zero-order valence-corrected chi connectivity index (χ0v) is 7.70. The van der Waals surface area contributed by atoms with Crippen molar-refractivity contribution in [1.29, 1.82) is 0 Å². The van der Waals surface area contributed by atoms with Crippen molar-refractivity contribution >= 4 is 0 Å². The summed E-state index contributed by atoms with van der Waals surface area (Å²) >= 11 is 0. The monoisotopic (exact) mass is 165 g/mol. The number of hydrogen-bond donors (Lipinski definition) is 0. The lowest BCUT2D eigenvalue weighted by Gasteiger charge is -2.28. The van der Waals surface area contributed by atoms with Crippen molar-refractivity contribution in [2.75, 3.05) is 0 Å². The topological polar surface area (TPSA) is 30.7 Å². The van der Waals surface area contributed by atoms with Gasteiger partial charge in [-0.05, 0) is 19.3 Å². The minimum Gasteiger partial charge on any atom is -0.314 e. The van der Waals surface area contributed by atoms with Crippen LogP contribution in [0.15, 0.2) is 6.33 Å². The van der Waals surface area contributed by atoms with E-state index in [1.54, 1.807) is 0 Å². The van der Waals surface area contributed by atoms with Crippen molar-refractivity contribution in [3.8, 4) is 0 Å². The van der Waals surface area contributed by atoms with E-state index in [9.17, 15) is 0 Å². The van der Waals surface area contributed by atoms with E-state index in [0.29, 0.717) is 12.0 Å². The van der Waals surface area contributed by atoms with Crippen LogP contribution < -0.4 is 0 Å². The zero-order valence-electron chi connectivity index (χ0n) is 7.70. The maximum atomic E-state index is 4.13. The Labute approximate surface area is 72.8 Å². The molecule has 0 atom stereocenters. The summed E-state index contributed by atoms with van der Waals surface area (Å²) in [6.45, 7) is 4.33.